The Morgan fingerprint density at radius 3 is 2.56 bits per heavy atom. The smallest absolute Gasteiger partial charge is 0.410 e. The van der Waals surface area contributed by atoms with Crippen molar-refractivity contribution in [2.75, 3.05) is 6.54 Å². The quantitative estimate of drug-likeness (QED) is 0.719. The van der Waals surface area contributed by atoms with Crippen LogP contribution in [0.5, 0.6) is 0 Å². The number of rotatable bonds is 1. The minimum atomic E-state index is -0.418. The first-order valence-corrected chi connectivity index (χ1v) is 6.50. The maximum absolute atomic E-state index is 12.0. The second-order valence-corrected chi connectivity index (χ2v) is 6.29. The van der Waals surface area contributed by atoms with Gasteiger partial charge in [0.2, 0.25) is 0 Å². The first kappa shape index (κ1) is 13.7. The van der Waals surface area contributed by atoms with Crippen molar-refractivity contribution in [3.63, 3.8) is 0 Å². The lowest BCUT2D eigenvalue weighted by Gasteiger charge is -2.38. The number of amides is 1. The highest BCUT2D eigenvalue weighted by Gasteiger charge is 2.32. The molecule has 1 fully saturated rings. The van der Waals surface area contributed by atoms with E-state index >= 15 is 0 Å². The molecule has 1 rings (SSSR count). The number of carbonyl (C=O) groups is 1. The van der Waals surface area contributed by atoms with Gasteiger partial charge in [0, 0.05) is 17.8 Å². The van der Waals surface area contributed by atoms with Gasteiger partial charge in [-0.2, -0.15) is 12.6 Å². The van der Waals surface area contributed by atoms with Gasteiger partial charge in [0.05, 0.1) is 0 Å². The summed E-state index contributed by atoms with van der Waals surface area (Å²) in [5.74, 6) is 0. The van der Waals surface area contributed by atoms with E-state index in [2.05, 4.69) is 12.6 Å². The van der Waals surface area contributed by atoms with Crippen LogP contribution < -0.4 is 0 Å². The summed E-state index contributed by atoms with van der Waals surface area (Å²) in [7, 11) is 0. The molecule has 1 aliphatic heterocycles. The monoisotopic (exact) mass is 245 g/mol. The average molecular weight is 245 g/mol. The average Bonchev–Trinajstić information content (AvgIpc) is 2.15. The predicted molar refractivity (Wildman–Crippen MR) is 69.0 cm³/mol. The lowest BCUT2D eigenvalue weighted by molar-refractivity contribution is 0.0102. The highest BCUT2D eigenvalue weighted by Crippen LogP contribution is 2.24. The molecule has 3 nitrogen and oxygen atoms in total. The number of ether oxygens (including phenoxy) is 1. The van der Waals surface area contributed by atoms with E-state index in [4.69, 9.17) is 4.74 Å². The van der Waals surface area contributed by atoms with Gasteiger partial charge in [0.25, 0.3) is 0 Å². The van der Waals surface area contributed by atoms with Crippen molar-refractivity contribution in [3.05, 3.63) is 0 Å². The van der Waals surface area contributed by atoms with Gasteiger partial charge in [0.15, 0.2) is 0 Å². The number of thiol groups is 1. The first-order valence-electron chi connectivity index (χ1n) is 5.99. The fourth-order valence-corrected chi connectivity index (χ4v) is 2.32. The molecular weight excluding hydrogens is 222 g/mol. The van der Waals surface area contributed by atoms with Crippen molar-refractivity contribution in [2.45, 2.75) is 63.9 Å². The number of carbonyl (C=O) groups excluding carboxylic acids is 1. The van der Waals surface area contributed by atoms with Crippen LogP contribution in [-0.2, 0) is 4.74 Å². The highest BCUT2D eigenvalue weighted by atomic mass is 32.1. The van der Waals surface area contributed by atoms with Gasteiger partial charge < -0.3 is 9.64 Å². The van der Waals surface area contributed by atoms with Crippen LogP contribution in [0.2, 0.25) is 0 Å². The number of likely N-dealkylation sites (tertiary alicyclic amines) is 1. The lowest BCUT2D eigenvalue weighted by Crippen LogP contribution is -2.49. The zero-order valence-electron chi connectivity index (χ0n) is 10.7. The number of hydrogen-bond donors (Lipinski definition) is 1. The fourth-order valence-electron chi connectivity index (χ4n) is 2.01. The summed E-state index contributed by atoms with van der Waals surface area (Å²) in [6.45, 7) is 8.52. The summed E-state index contributed by atoms with van der Waals surface area (Å²) in [5.41, 5.74) is -0.418. The van der Waals surface area contributed by atoms with Gasteiger partial charge in [-0.1, -0.05) is 6.92 Å². The van der Waals surface area contributed by atoms with E-state index in [1.165, 1.54) is 6.42 Å². The van der Waals surface area contributed by atoms with Crippen LogP contribution in [0.1, 0.15) is 47.0 Å². The Morgan fingerprint density at radius 1 is 1.44 bits per heavy atom. The number of piperidine rings is 1. The minimum absolute atomic E-state index is 0.196. The summed E-state index contributed by atoms with van der Waals surface area (Å²) in [6.07, 6.45) is 3.08. The maximum atomic E-state index is 12.0. The van der Waals surface area contributed by atoms with E-state index < -0.39 is 5.60 Å². The third-order valence-corrected chi connectivity index (χ3v) is 3.08. The molecule has 0 N–H and O–H groups in total. The van der Waals surface area contributed by atoms with Crippen molar-refractivity contribution in [1.82, 2.24) is 4.90 Å². The summed E-state index contributed by atoms with van der Waals surface area (Å²) in [4.78, 5) is 13.8. The molecular formula is C12H23NO2S. The van der Waals surface area contributed by atoms with E-state index in [1.807, 2.05) is 32.6 Å². The van der Waals surface area contributed by atoms with Gasteiger partial charge in [-0.25, -0.2) is 4.79 Å². The van der Waals surface area contributed by atoms with Crippen molar-refractivity contribution in [1.29, 1.82) is 0 Å². The molecule has 1 saturated heterocycles. The van der Waals surface area contributed by atoms with Gasteiger partial charge in [-0.3, -0.25) is 0 Å². The third kappa shape index (κ3) is 3.89. The van der Waals surface area contributed by atoms with Gasteiger partial charge in [-0.15, -0.1) is 0 Å². The SMILES string of the molecule is C[C@H](S)[C@@H]1CCCCN1C(=O)OC(C)(C)C. The molecule has 0 aliphatic carbocycles. The zero-order chi connectivity index (χ0) is 12.3. The normalized spacial score (nSPS) is 24.1. The fraction of sp³-hybridized carbons (Fsp3) is 0.917. The number of hydrogen-bond acceptors (Lipinski definition) is 3. The molecule has 1 aliphatic rings. The molecule has 2 atom stereocenters. The highest BCUT2D eigenvalue weighted by molar-refractivity contribution is 7.81. The molecule has 4 heteroatoms. The Kier molecular flexibility index (Phi) is 4.53. The zero-order valence-corrected chi connectivity index (χ0v) is 11.6. The summed E-state index contributed by atoms with van der Waals surface area (Å²) in [6, 6.07) is 0.215. The Morgan fingerprint density at radius 2 is 2.06 bits per heavy atom. The van der Waals surface area contributed by atoms with E-state index in [1.54, 1.807) is 0 Å². The van der Waals surface area contributed by atoms with E-state index in [-0.39, 0.29) is 17.4 Å². The Bertz CT molecular complexity index is 248. The molecule has 0 aromatic heterocycles. The van der Waals surface area contributed by atoms with Crippen molar-refractivity contribution < 1.29 is 9.53 Å². The molecule has 0 aromatic rings. The standard InChI is InChI=1S/C12H23NO2S/c1-9(16)10-7-5-6-8-13(10)11(14)15-12(2,3)4/h9-10,16H,5-8H2,1-4H3/t9-,10-/m0/s1. The summed E-state index contributed by atoms with van der Waals surface area (Å²) >= 11 is 4.46. The Hall–Kier alpha value is -0.380. The molecule has 0 unspecified atom stereocenters. The van der Waals surface area contributed by atoms with Crippen LogP contribution >= 0.6 is 12.6 Å². The van der Waals surface area contributed by atoms with Crippen LogP contribution in [-0.4, -0.2) is 34.4 Å². The van der Waals surface area contributed by atoms with Gasteiger partial charge in [0.1, 0.15) is 5.60 Å². The van der Waals surface area contributed by atoms with Crippen LogP contribution in [0.15, 0.2) is 0 Å². The van der Waals surface area contributed by atoms with Crippen LogP contribution in [0, 0.1) is 0 Å². The van der Waals surface area contributed by atoms with Gasteiger partial charge >= 0.3 is 6.09 Å². The van der Waals surface area contributed by atoms with Crippen molar-refractivity contribution in [3.8, 4) is 0 Å². The van der Waals surface area contributed by atoms with E-state index in [9.17, 15) is 4.79 Å². The molecule has 0 saturated carbocycles. The molecule has 94 valence electrons. The molecule has 1 heterocycles. The lowest BCUT2D eigenvalue weighted by atomic mass is 10.0. The van der Waals surface area contributed by atoms with Crippen molar-refractivity contribution in [2.24, 2.45) is 0 Å². The second-order valence-electron chi connectivity index (χ2n) is 5.48. The molecule has 1 amide bonds. The molecule has 0 bridgehead atoms. The predicted octanol–water partition coefficient (Wildman–Crippen LogP) is 3.09. The summed E-state index contributed by atoms with van der Waals surface area (Å²) in [5, 5.41) is 0.202. The second kappa shape index (κ2) is 5.30. The van der Waals surface area contributed by atoms with Gasteiger partial charge in [-0.05, 0) is 40.0 Å². The van der Waals surface area contributed by atoms with E-state index in [0.717, 1.165) is 19.4 Å². The molecule has 0 radical (unpaired) electrons. The van der Waals surface area contributed by atoms with Crippen molar-refractivity contribution >= 4 is 18.7 Å². The third-order valence-electron chi connectivity index (χ3n) is 2.73. The van der Waals surface area contributed by atoms with Crippen LogP contribution in [0.4, 0.5) is 4.79 Å². The van der Waals surface area contributed by atoms with Crippen LogP contribution in [0.25, 0.3) is 0 Å². The summed E-state index contributed by atoms with van der Waals surface area (Å²) < 4.78 is 5.41. The Labute approximate surface area is 104 Å². The number of nitrogens with zero attached hydrogens (tertiary/aromatic N) is 1. The first-order chi connectivity index (χ1) is 7.31. The maximum Gasteiger partial charge on any atom is 0.410 e. The molecule has 0 aromatic carbocycles. The Balaban J connectivity index is 2.64. The topological polar surface area (TPSA) is 29.5 Å². The minimum Gasteiger partial charge on any atom is -0.444 e. The van der Waals surface area contributed by atoms with Crippen LogP contribution in [0.3, 0.4) is 0 Å². The largest absolute Gasteiger partial charge is 0.444 e. The molecule has 0 spiro atoms. The van der Waals surface area contributed by atoms with E-state index in [0.29, 0.717) is 0 Å². The molecule has 16 heavy (non-hydrogen) atoms.